The maximum atomic E-state index is 10.7. The highest BCUT2D eigenvalue weighted by Gasteiger charge is 2.15. The standard InChI is InChI=1S/C13H16N2O3S/c16-12(17)9-3-5-10(6-4-9)15-13(19)14-8-11-2-1-7-18-11/h3-6,11H,1-2,7-8H2,(H,16,17)(H2,14,15,19)/t11-/m1/s1. The number of ether oxygens (including phenoxy) is 1. The molecule has 102 valence electrons. The zero-order chi connectivity index (χ0) is 13.7. The minimum atomic E-state index is -0.939. The zero-order valence-corrected chi connectivity index (χ0v) is 11.2. The molecule has 0 aliphatic carbocycles. The van der Waals surface area contributed by atoms with Crippen molar-refractivity contribution in [3.63, 3.8) is 0 Å². The molecule has 1 aliphatic rings. The van der Waals surface area contributed by atoms with Gasteiger partial charge in [-0.05, 0) is 49.3 Å². The smallest absolute Gasteiger partial charge is 0.335 e. The Labute approximate surface area is 117 Å². The molecule has 1 heterocycles. The van der Waals surface area contributed by atoms with Crippen molar-refractivity contribution in [3.8, 4) is 0 Å². The summed E-state index contributed by atoms with van der Waals surface area (Å²) in [6.07, 6.45) is 2.39. The first-order chi connectivity index (χ1) is 9.15. The van der Waals surface area contributed by atoms with Gasteiger partial charge in [-0.1, -0.05) is 0 Å². The van der Waals surface area contributed by atoms with E-state index in [2.05, 4.69) is 10.6 Å². The molecule has 0 aromatic heterocycles. The number of carboxylic acid groups (broad SMARTS) is 1. The molecule has 6 heteroatoms. The zero-order valence-electron chi connectivity index (χ0n) is 10.4. The Morgan fingerprint density at radius 3 is 2.74 bits per heavy atom. The molecule has 0 radical (unpaired) electrons. The summed E-state index contributed by atoms with van der Waals surface area (Å²) in [5, 5.41) is 15.4. The number of hydrogen-bond acceptors (Lipinski definition) is 3. The van der Waals surface area contributed by atoms with Crippen LogP contribution >= 0.6 is 12.2 Å². The second-order valence-electron chi connectivity index (χ2n) is 4.35. The first kappa shape index (κ1) is 13.8. The van der Waals surface area contributed by atoms with Crippen LogP contribution in [0.25, 0.3) is 0 Å². The Kier molecular flexibility index (Phi) is 4.70. The first-order valence-electron chi connectivity index (χ1n) is 6.15. The van der Waals surface area contributed by atoms with Crippen LogP contribution in [0.2, 0.25) is 0 Å². The third kappa shape index (κ3) is 4.18. The van der Waals surface area contributed by atoms with Gasteiger partial charge >= 0.3 is 5.97 Å². The van der Waals surface area contributed by atoms with Crippen LogP contribution < -0.4 is 10.6 Å². The van der Waals surface area contributed by atoms with E-state index in [9.17, 15) is 4.79 Å². The van der Waals surface area contributed by atoms with Gasteiger partial charge in [-0.2, -0.15) is 0 Å². The summed E-state index contributed by atoms with van der Waals surface area (Å²) < 4.78 is 5.48. The van der Waals surface area contributed by atoms with Gasteiger partial charge in [-0.15, -0.1) is 0 Å². The van der Waals surface area contributed by atoms with Crippen molar-refractivity contribution in [2.45, 2.75) is 18.9 Å². The molecule has 5 nitrogen and oxygen atoms in total. The molecule has 0 unspecified atom stereocenters. The molecule has 2 rings (SSSR count). The molecular weight excluding hydrogens is 264 g/mol. The molecule has 0 amide bonds. The van der Waals surface area contributed by atoms with E-state index in [-0.39, 0.29) is 11.7 Å². The highest BCUT2D eigenvalue weighted by molar-refractivity contribution is 7.80. The minimum Gasteiger partial charge on any atom is -0.478 e. The van der Waals surface area contributed by atoms with Crippen molar-refractivity contribution in [2.75, 3.05) is 18.5 Å². The lowest BCUT2D eigenvalue weighted by molar-refractivity contribution is 0.0697. The van der Waals surface area contributed by atoms with Crippen LogP contribution in [0, 0.1) is 0 Å². The number of carbonyl (C=O) groups is 1. The van der Waals surface area contributed by atoms with Crippen molar-refractivity contribution >= 4 is 29.0 Å². The number of anilines is 1. The maximum Gasteiger partial charge on any atom is 0.335 e. The first-order valence-corrected chi connectivity index (χ1v) is 6.56. The number of benzene rings is 1. The normalized spacial score (nSPS) is 18.0. The van der Waals surface area contributed by atoms with Crippen LogP contribution in [0.15, 0.2) is 24.3 Å². The molecule has 3 N–H and O–H groups in total. The summed E-state index contributed by atoms with van der Waals surface area (Å²) in [6.45, 7) is 1.52. The van der Waals surface area contributed by atoms with E-state index in [4.69, 9.17) is 22.1 Å². The average molecular weight is 280 g/mol. The maximum absolute atomic E-state index is 10.7. The summed E-state index contributed by atoms with van der Waals surface area (Å²) in [4.78, 5) is 10.7. The van der Waals surface area contributed by atoms with Gasteiger partial charge in [0.15, 0.2) is 5.11 Å². The van der Waals surface area contributed by atoms with E-state index in [1.165, 1.54) is 12.1 Å². The fraction of sp³-hybridized carbons (Fsp3) is 0.385. The number of aromatic carboxylic acids is 1. The highest BCUT2D eigenvalue weighted by atomic mass is 32.1. The third-order valence-corrected chi connectivity index (χ3v) is 3.15. The summed E-state index contributed by atoms with van der Waals surface area (Å²) in [7, 11) is 0. The Bertz CT molecular complexity index is 455. The largest absolute Gasteiger partial charge is 0.478 e. The van der Waals surface area contributed by atoms with Gasteiger partial charge in [0.1, 0.15) is 0 Å². The minimum absolute atomic E-state index is 0.231. The lowest BCUT2D eigenvalue weighted by Gasteiger charge is -2.14. The lowest BCUT2D eigenvalue weighted by Crippen LogP contribution is -2.34. The van der Waals surface area contributed by atoms with Gasteiger partial charge in [0.25, 0.3) is 0 Å². The van der Waals surface area contributed by atoms with Crippen molar-refractivity contribution in [3.05, 3.63) is 29.8 Å². The SMILES string of the molecule is O=C(O)c1ccc(NC(=S)NC[C@H]2CCCO2)cc1. The van der Waals surface area contributed by atoms with Gasteiger partial charge in [0.2, 0.25) is 0 Å². The van der Waals surface area contributed by atoms with E-state index in [1.807, 2.05) is 0 Å². The fourth-order valence-electron chi connectivity index (χ4n) is 1.88. The van der Waals surface area contributed by atoms with Crippen molar-refractivity contribution in [1.29, 1.82) is 0 Å². The lowest BCUT2D eigenvalue weighted by atomic mass is 10.2. The average Bonchev–Trinajstić information content (AvgIpc) is 2.90. The number of carboxylic acids is 1. The predicted octanol–water partition coefficient (Wildman–Crippen LogP) is 1.85. The van der Waals surface area contributed by atoms with E-state index in [0.717, 1.165) is 25.1 Å². The van der Waals surface area contributed by atoms with Gasteiger partial charge in [0, 0.05) is 18.8 Å². The monoisotopic (exact) mass is 280 g/mol. The van der Waals surface area contributed by atoms with E-state index < -0.39 is 5.97 Å². The second-order valence-corrected chi connectivity index (χ2v) is 4.76. The highest BCUT2D eigenvalue weighted by Crippen LogP contribution is 2.11. The van der Waals surface area contributed by atoms with Crippen molar-refractivity contribution in [1.82, 2.24) is 5.32 Å². The number of nitrogens with one attached hydrogen (secondary N) is 2. The molecule has 1 aromatic carbocycles. The van der Waals surface area contributed by atoms with Gasteiger partial charge in [-0.25, -0.2) is 4.79 Å². The molecule has 1 aromatic rings. The summed E-state index contributed by atoms with van der Waals surface area (Å²) in [5.74, 6) is -0.939. The topological polar surface area (TPSA) is 70.6 Å². The van der Waals surface area contributed by atoms with Crippen LogP contribution in [0.4, 0.5) is 5.69 Å². The molecule has 0 saturated carbocycles. The number of hydrogen-bond donors (Lipinski definition) is 3. The molecule has 0 bridgehead atoms. The Morgan fingerprint density at radius 2 is 2.16 bits per heavy atom. The molecule has 1 aliphatic heterocycles. The quantitative estimate of drug-likeness (QED) is 0.731. The third-order valence-electron chi connectivity index (χ3n) is 2.90. The summed E-state index contributed by atoms with van der Waals surface area (Å²) in [5.41, 5.74) is 1.01. The Morgan fingerprint density at radius 1 is 1.42 bits per heavy atom. The van der Waals surface area contributed by atoms with Crippen molar-refractivity contribution < 1.29 is 14.6 Å². The van der Waals surface area contributed by atoms with Crippen LogP contribution in [0.1, 0.15) is 23.2 Å². The van der Waals surface area contributed by atoms with Crippen molar-refractivity contribution in [2.24, 2.45) is 0 Å². The van der Waals surface area contributed by atoms with Crippen LogP contribution in [-0.2, 0) is 4.74 Å². The molecule has 1 fully saturated rings. The summed E-state index contributed by atoms with van der Waals surface area (Å²) >= 11 is 5.16. The summed E-state index contributed by atoms with van der Waals surface area (Å²) in [6, 6.07) is 6.44. The fourth-order valence-corrected chi connectivity index (χ4v) is 2.08. The molecule has 0 spiro atoms. The van der Waals surface area contributed by atoms with Crippen LogP contribution in [0.3, 0.4) is 0 Å². The van der Waals surface area contributed by atoms with Gasteiger partial charge in [0.05, 0.1) is 11.7 Å². The van der Waals surface area contributed by atoms with E-state index in [0.29, 0.717) is 11.7 Å². The van der Waals surface area contributed by atoms with Gasteiger partial charge in [-0.3, -0.25) is 0 Å². The molecular formula is C13H16N2O3S. The van der Waals surface area contributed by atoms with Crippen LogP contribution in [-0.4, -0.2) is 35.4 Å². The van der Waals surface area contributed by atoms with Gasteiger partial charge < -0.3 is 20.5 Å². The number of rotatable bonds is 4. The Hall–Kier alpha value is -1.66. The second kappa shape index (κ2) is 6.49. The molecule has 1 saturated heterocycles. The predicted molar refractivity (Wildman–Crippen MR) is 76.6 cm³/mol. The van der Waals surface area contributed by atoms with E-state index in [1.54, 1.807) is 12.1 Å². The molecule has 1 atom stereocenters. The number of thiocarbonyl (C=S) groups is 1. The van der Waals surface area contributed by atoms with E-state index >= 15 is 0 Å². The molecule has 19 heavy (non-hydrogen) atoms. The van der Waals surface area contributed by atoms with Crippen LogP contribution in [0.5, 0.6) is 0 Å². The Balaban J connectivity index is 1.79.